The molecule has 0 fully saturated rings. The maximum Gasteiger partial charge on any atom is 0.331 e. The van der Waals surface area contributed by atoms with Crippen LogP contribution >= 0.6 is 11.6 Å². The molecule has 6 heteroatoms. The number of ether oxygens (including phenoxy) is 1. The number of halogens is 2. The minimum atomic E-state index is -0.680. The van der Waals surface area contributed by atoms with Gasteiger partial charge in [-0.3, -0.25) is 4.79 Å². The molecule has 0 saturated carbocycles. The number of hydrogen-bond acceptors (Lipinski definition) is 3. The van der Waals surface area contributed by atoms with E-state index in [1.54, 1.807) is 43.3 Å². The Balaban J connectivity index is 1.84. The Morgan fingerprint density at radius 2 is 2.00 bits per heavy atom. The minimum absolute atomic E-state index is 0.297. The van der Waals surface area contributed by atoms with Crippen LogP contribution in [0, 0.1) is 12.7 Å². The van der Waals surface area contributed by atoms with Crippen molar-refractivity contribution in [2.24, 2.45) is 0 Å². The zero-order valence-corrected chi connectivity index (χ0v) is 13.6. The zero-order valence-electron chi connectivity index (χ0n) is 12.9. The molecule has 124 valence electrons. The number of aryl methyl sites for hydroxylation is 1. The molecule has 0 aliphatic rings. The van der Waals surface area contributed by atoms with Crippen LogP contribution in [0.2, 0.25) is 5.02 Å². The Labute approximate surface area is 143 Å². The van der Waals surface area contributed by atoms with Gasteiger partial charge in [0, 0.05) is 16.8 Å². The Bertz CT molecular complexity index is 790. The van der Waals surface area contributed by atoms with E-state index in [-0.39, 0.29) is 0 Å². The summed E-state index contributed by atoms with van der Waals surface area (Å²) in [5.41, 5.74) is 1.44. The number of hydrogen-bond donors (Lipinski definition) is 1. The van der Waals surface area contributed by atoms with Gasteiger partial charge in [0.05, 0.1) is 0 Å². The molecule has 0 atom stereocenters. The molecule has 2 aromatic rings. The lowest BCUT2D eigenvalue weighted by atomic mass is 10.2. The van der Waals surface area contributed by atoms with Crippen molar-refractivity contribution < 1.29 is 18.7 Å². The third kappa shape index (κ3) is 5.21. The average molecular weight is 348 g/mol. The SMILES string of the molecule is Cc1ccc(NC(=O)COC(=O)/C=C/c2ccccc2Cl)cc1F. The number of amides is 1. The van der Waals surface area contributed by atoms with Crippen molar-refractivity contribution in [1.29, 1.82) is 0 Å². The molecule has 24 heavy (non-hydrogen) atoms. The molecule has 4 nitrogen and oxygen atoms in total. The molecule has 0 aliphatic heterocycles. The van der Waals surface area contributed by atoms with Crippen molar-refractivity contribution in [2.45, 2.75) is 6.92 Å². The van der Waals surface area contributed by atoms with Crippen molar-refractivity contribution in [1.82, 2.24) is 0 Å². The first-order chi connectivity index (χ1) is 11.5. The Morgan fingerprint density at radius 1 is 1.25 bits per heavy atom. The first-order valence-corrected chi connectivity index (χ1v) is 7.49. The fourth-order valence-electron chi connectivity index (χ4n) is 1.82. The second-order valence-corrected chi connectivity index (χ2v) is 5.38. The summed E-state index contributed by atoms with van der Waals surface area (Å²) in [6, 6.07) is 11.3. The Morgan fingerprint density at radius 3 is 2.71 bits per heavy atom. The van der Waals surface area contributed by atoms with Gasteiger partial charge in [0.25, 0.3) is 5.91 Å². The molecule has 0 radical (unpaired) electrons. The molecule has 0 bridgehead atoms. The number of anilines is 1. The van der Waals surface area contributed by atoms with E-state index in [9.17, 15) is 14.0 Å². The fourth-order valence-corrected chi connectivity index (χ4v) is 2.02. The van der Waals surface area contributed by atoms with Gasteiger partial charge in [0.15, 0.2) is 6.61 Å². The molecule has 0 heterocycles. The molecule has 0 unspecified atom stereocenters. The second-order valence-electron chi connectivity index (χ2n) is 4.97. The third-order valence-electron chi connectivity index (χ3n) is 3.11. The number of carbonyl (C=O) groups is 2. The normalized spacial score (nSPS) is 10.6. The summed E-state index contributed by atoms with van der Waals surface area (Å²) in [4.78, 5) is 23.3. The highest BCUT2D eigenvalue weighted by molar-refractivity contribution is 6.32. The molecule has 1 N–H and O–H groups in total. The number of nitrogens with one attached hydrogen (secondary N) is 1. The van der Waals surface area contributed by atoms with Crippen LogP contribution in [-0.4, -0.2) is 18.5 Å². The molecule has 1 amide bonds. The quantitative estimate of drug-likeness (QED) is 0.657. The second kappa shape index (κ2) is 8.26. The van der Waals surface area contributed by atoms with E-state index < -0.39 is 24.3 Å². The van der Waals surface area contributed by atoms with Crippen LogP contribution in [0.25, 0.3) is 6.08 Å². The Kier molecular flexibility index (Phi) is 6.09. The Hall–Kier alpha value is -2.66. The third-order valence-corrected chi connectivity index (χ3v) is 3.45. The van der Waals surface area contributed by atoms with E-state index in [1.165, 1.54) is 18.2 Å². The van der Waals surface area contributed by atoms with Gasteiger partial charge >= 0.3 is 5.97 Å². The summed E-state index contributed by atoms with van der Waals surface area (Å²) in [6.07, 6.45) is 2.68. The van der Waals surface area contributed by atoms with Crippen molar-refractivity contribution in [3.63, 3.8) is 0 Å². The number of benzene rings is 2. The topological polar surface area (TPSA) is 55.4 Å². The molecular weight excluding hydrogens is 333 g/mol. The van der Waals surface area contributed by atoms with Crippen LogP contribution in [0.15, 0.2) is 48.5 Å². The van der Waals surface area contributed by atoms with E-state index in [2.05, 4.69) is 5.32 Å². The molecule has 2 aromatic carbocycles. The number of rotatable bonds is 5. The van der Waals surface area contributed by atoms with Gasteiger partial charge in [-0.05, 0) is 42.3 Å². The molecular formula is C18H15ClFNO3. The van der Waals surface area contributed by atoms with Gasteiger partial charge in [0.2, 0.25) is 0 Å². The first-order valence-electron chi connectivity index (χ1n) is 7.11. The smallest absolute Gasteiger partial charge is 0.331 e. The lowest BCUT2D eigenvalue weighted by molar-refractivity contribution is -0.142. The van der Waals surface area contributed by atoms with E-state index in [0.717, 1.165) is 0 Å². The molecule has 0 saturated heterocycles. The first kappa shape index (κ1) is 17.7. The van der Waals surface area contributed by atoms with E-state index in [1.807, 2.05) is 0 Å². The lowest BCUT2D eigenvalue weighted by Gasteiger charge is -2.06. The zero-order chi connectivity index (χ0) is 17.5. The maximum atomic E-state index is 13.4. The van der Waals surface area contributed by atoms with Gasteiger partial charge in [-0.25, -0.2) is 9.18 Å². The van der Waals surface area contributed by atoms with Gasteiger partial charge in [-0.1, -0.05) is 35.9 Å². The summed E-state index contributed by atoms with van der Waals surface area (Å²) in [5, 5.41) is 2.95. The summed E-state index contributed by atoms with van der Waals surface area (Å²) in [5.74, 6) is -1.66. The van der Waals surface area contributed by atoms with Crippen LogP contribution < -0.4 is 5.32 Å². The minimum Gasteiger partial charge on any atom is -0.452 e. The van der Waals surface area contributed by atoms with Crippen molar-refractivity contribution in [2.75, 3.05) is 11.9 Å². The van der Waals surface area contributed by atoms with Gasteiger partial charge < -0.3 is 10.1 Å². The van der Waals surface area contributed by atoms with Crippen molar-refractivity contribution in [3.05, 3.63) is 70.5 Å². The molecule has 0 spiro atoms. The van der Waals surface area contributed by atoms with Crippen LogP contribution in [-0.2, 0) is 14.3 Å². The van der Waals surface area contributed by atoms with Crippen LogP contribution in [0.5, 0.6) is 0 Å². The van der Waals surface area contributed by atoms with Gasteiger partial charge in [-0.2, -0.15) is 0 Å². The summed E-state index contributed by atoms with van der Waals surface area (Å²) in [6.45, 7) is 1.15. The maximum absolute atomic E-state index is 13.4. The highest BCUT2D eigenvalue weighted by atomic mass is 35.5. The van der Waals surface area contributed by atoms with Gasteiger partial charge in [-0.15, -0.1) is 0 Å². The van der Waals surface area contributed by atoms with Gasteiger partial charge in [0.1, 0.15) is 5.82 Å². The molecule has 0 aliphatic carbocycles. The fraction of sp³-hybridized carbons (Fsp3) is 0.111. The van der Waals surface area contributed by atoms with Crippen molar-refractivity contribution in [3.8, 4) is 0 Å². The molecule has 2 rings (SSSR count). The van der Waals surface area contributed by atoms with E-state index in [4.69, 9.17) is 16.3 Å². The van der Waals surface area contributed by atoms with Crippen LogP contribution in [0.1, 0.15) is 11.1 Å². The van der Waals surface area contributed by atoms with E-state index in [0.29, 0.717) is 21.8 Å². The predicted molar refractivity (Wildman–Crippen MR) is 91.2 cm³/mol. The lowest BCUT2D eigenvalue weighted by Crippen LogP contribution is -2.20. The highest BCUT2D eigenvalue weighted by Crippen LogP contribution is 2.16. The van der Waals surface area contributed by atoms with Crippen LogP contribution in [0.3, 0.4) is 0 Å². The largest absolute Gasteiger partial charge is 0.452 e. The predicted octanol–water partition coefficient (Wildman–Crippen LogP) is 3.98. The molecule has 0 aromatic heterocycles. The number of carbonyl (C=O) groups excluding carboxylic acids is 2. The van der Waals surface area contributed by atoms with Crippen LogP contribution in [0.4, 0.5) is 10.1 Å². The standard InChI is InChI=1S/C18H15ClFNO3/c1-12-6-8-14(10-16(12)20)21-17(22)11-24-18(23)9-7-13-4-2-3-5-15(13)19/h2-10H,11H2,1H3,(H,21,22)/b9-7+. The van der Waals surface area contributed by atoms with E-state index >= 15 is 0 Å². The average Bonchev–Trinajstić information content (AvgIpc) is 2.55. The number of esters is 1. The summed E-state index contributed by atoms with van der Waals surface area (Å²) in [7, 11) is 0. The monoisotopic (exact) mass is 347 g/mol. The highest BCUT2D eigenvalue weighted by Gasteiger charge is 2.07. The summed E-state index contributed by atoms with van der Waals surface area (Å²) < 4.78 is 18.2. The van der Waals surface area contributed by atoms with Crippen molar-refractivity contribution >= 4 is 35.2 Å². The summed E-state index contributed by atoms with van der Waals surface area (Å²) >= 11 is 5.95.